The molecule has 0 radical (unpaired) electrons. The first-order chi connectivity index (χ1) is 7.97. The van der Waals surface area contributed by atoms with Crippen LogP contribution in [0.3, 0.4) is 0 Å². The van der Waals surface area contributed by atoms with Gasteiger partial charge >= 0.3 is 0 Å². The van der Waals surface area contributed by atoms with Crippen LogP contribution in [0.2, 0.25) is 5.02 Å². The Labute approximate surface area is 106 Å². The molecule has 96 valence electrons. The lowest BCUT2D eigenvalue weighted by Gasteiger charge is -2.25. The van der Waals surface area contributed by atoms with E-state index in [1.165, 1.54) is 6.20 Å². The van der Waals surface area contributed by atoms with Gasteiger partial charge in [-0.3, -0.25) is 0 Å². The number of nitrogens with zero attached hydrogens (tertiary/aromatic N) is 1. The zero-order chi connectivity index (χ0) is 12.9. The van der Waals surface area contributed by atoms with Gasteiger partial charge < -0.3 is 20.9 Å². The number of pyridine rings is 1. The number of methoxy groups -OCH3 is 1. The summed E-state index contributed by atoms with van der Waals surface area (Å²) in [6, 6.07) is 1.63. The highest BCUT2D eigenvalue weighted by atomic mass is 35.5. The second-order valence-electron chi connectivity index (χ2n) is 4.03. The summed E-state index contributed by atoms with van der Waals surface area (Å²) in [7, 11) is 1.62. The molecule has 1 rings (SSSR count). The van der Waals surface area contributed by atoms with Crippen molar-refractivity contribution in [3.63, 3.8) is 0 Å². The number of aromatic nitrogens is 1. The third-order valence-corrected chi connectivity index (χ3v) is 2.62. The number of nitrogens with one attached hydrogen (secondary N) is 1. The van der Waals surface area contributed by atoms with Gasteiger partial charge in [-0.1, -0.05) is 11.6 Å². The smallest absolute Gasteiger partial charge is 0.129 e. The normalized spacial score (nSPS) is 14.6. The van der Waals surface area contributed by atoms with Crippen molar-refractivity contribution in [2.45, 2.75) is 12.5 Å². The van der Waals surface area contributed by atoms with Crippen LogP contribution in [-0.4, -0.2) is 36.9 Å². The number of halogens is 1. The van der Waals surface area contributed by atoms with Crippen molar-refractivity contribution in [3.8, 4) is 0 Å². The van der Waals surface area contributed by atoms with E-state index in [2.05, 4.69) is 10.3 Å². The summed E-state index contributed by atoms with van der Waals surface area (Å²) in [5, 5.41) is 13.8. The maximum absolute atomic E-state index is 10.3. The molecule has 0 amide bonds. The number of hydrogen-bond donors (Lipinski definition) is 3. The Morgan fingerprint density at radius 3 is 3.00 bits per heavy atom. The molecule has 0 aliphatic rings. The molecule has 1 atom stereocenters. The van der Waals surface area contributed by atoms with Gasteiger partial charge in [0, 0.05) is 32.0 Å². The number of anilines is 1. The zero-order valence-electron chi connectivity index (χ0n) is 10.0. The van der Waals surface area contributed by atoms with Crippen LogP contribution in [0.5, 0.6) is 0 Å². The highest BCUT2D eigenvalue weighted by Gasteiger charge is 2.26. The lowest BCUT2D eigenvalue weighted by atomic mass is 9.96. The fraction of sp³-hybridized carbons (Fsp3) is 0.545. The van der Waals surface area contributed by atoms with Crippen molar-refractivity contribution in [2.24, 2.45) is 0 Å². The van der Waals surface area contributed by atoms with Crippen LogP contribution in [0.4, 0.5) is 5.82 Å². The van der Waals surface area contributed by atoms with Crippen molar-refractivity contribution in [1.29, 1.82) is 0 Å². The molecule has 17 heavy (non-hydrogen) atoms. The minimum Gasteiger partial charge on any atom is -0.384 e. The molecular formula is C11H18ClN3O2. The van der Waals surface area contributed by atoms with Crippen LogP contribution < -0.4 is 11.1 Å². The summed E-state index contributed by atoms with van der Waals surface area (Å²) in [6.45, 7) is 3.25. The molecule has 0 aliphatic carbocycles. The molecule has 0 aliphatic heterocycles. The minimum atomic E-state index is -1.12. The molecule has 0 saturated heterocycles. The SMILES string of the molecule is COCCNCC(C)(O)c1cc(Cl)cnc1N. The van der Waals surface area contributed by atoms with E-state index in [-0.39, 0.29) is 5.82 Å². The third-order valence-electron chi connectivity index (χ3n) is 2.42. The molecule has 0 bridgehead atoms. The second-order valence-corrected chi connectivity index (χ2v) is 4.47. The molecule has 1 unspecified atom stereocenters. The molecule has 1 heterocycles. The molecule has 1 aromatic heterocycles. The Morgan fingerprint density at radius 2 is 2.35 bits per heavy atom. The van der Waals surface area contributed by atoms with Gasteiger partial charge in [-0.2, -0.15) is 0 Å². The topological polar surface area (TPSA) is 80.4 Å². The van der Waals surface area contributed by atoms with E-state index in [0.29, 0.717) is 30.3 Å². The fourth-order valence-corrected chi connectivity index (χ4v) is 1.64. The van der Waals surface area contributed by atoms with Crippen molar-refractivity contribution in [2.75, 3.05) is 32.5 Å². The maximum atomic E-state index is 10.3. The number of nitrogen functional groups attached to an aromatic ring is 1. The van der Waals surface area contributed by atoms with Crippen molar-refractivity contribution in [3.05, 3.63) is 22.8 Å². The molecular weight excluding hydrogens is 242 g/mol. The summed E-state index contributed by atoms with van der Waals surface area (Å²) in [5.41, 5.74) is 5.13. The highest BCUT2D eigenvalue weighted by molar-refractivity contribution is 6.30. The average Bonchev–Trinajstić information content (AvgIpc) is 2.28. The van der Waals surface area contributed by atoms with Crippen LogP contribution >= 0.6 is 11.6 Å². The predicted octanol–water partition coefficient (Wildman–Crippen LogP) is 0.761. The van der Waals surface area contributed by atoms with E-state index in [0.717, 1.165) is 0 Å². The number of nitrogens with two attached hydrogens (primary N) is 1. The van der Waals surface area contributed by atoms with Gasteiger partial charge in [-0.15, -0.1) is 0 Å². The first-order valence-corrected chi connectivity index (χ1v) is 5.68. The summed E-state index contributed by atoms with van der Waals surface area (Å²) in [4.78, 5) is 3.92. The molecule has 0 fully saturated rings. The van der Waals surface area contributed by atoms with Gasteiger partial charge in [0.2, 0.25) is 0 Å². The number of aliphatic hydroxyl groups is 1. The summed E-state index contributed by atoms with van der Waals surface area (Å²) >= 11 is 5.84. The van der Waals surface area contributed by atoms with Crippen LogP contribution in [0.1, 0.15) is 12.5 Å². The van der Waals surface area contributed by atoms with E-state index in [1.807, 2.05) is 0 Å². The largest absolute Gasteiger partial charge is 0.384 e. The quantitative estimate of drug-likeness (QED) is 0.658. The van der Waals surface area contributed by atoms with Crippen molar-refractivity contribution in [1.82, 2.24) is 10.3 Å². The lowest BCUT2D eigenvalue weighted by molar-refractivity contribution is 0.0555. The van der Waals surface area contributed by atoms with E-state index < -0.39 is 5.60 Å². The van der Waals surface area contributed by atoms with E-state index >= 15 is 0 Å². The Morgan fingerprint density at radius 1 is 1.65 bits per heavy atom. The van der Waals surface area contributed by atoms with E-state index in [4.69, 9.17) is 22.1 Å². The molecule has 0 aromatic carbocycles. The predicted molar refractivity (Wildman–Crippen MR) is 68.0 cm³/mol. The first-order valence-electron chi connectivity index (χ1n) is 5.31. The van der Waals surface area contributed by atoms with Gasteiger partial charge in [-0.25, -0.2) is 4.98 Å². The molecule has 5 nitrogen and oxygen atoms in total. The molecule has 0 spiro atoms. The monoisotopic (exact) mass is 259 g/mol. The summed E-state index contributed by atoms with van der Waals surface area (Å²) in [5.74, 6) is 0.285. The van der Waals surface area contributed by atoms with Crippen LogP contribution in [0.15, 0.2) is 12.3 Å². The lowest BCUT2D eigenvalue weighted by Crippen LogP contribution is -2.37. The standard InChI is InChI=1S/C11H18ClN3O2/c1-11(16,7-14-3-4-17-2)9-5-8(12)6-15-10(9)13/h5-6,14,16H,3-4,7H2,1-2H3,(H2,13,15). The average molecular weight is 260 g/mol. The van der Waals surface area contributed by atoms with Gasteiger partial charge in [-0.05, 0) is 13.0 Å². The summed E-state index contributed by atoms with van der Waals surface area (Å²) in [6.07, 6.45) is 1.45. The number of rotatable bonds is 6. The molecule has 4 N–H and O–H groups in total. The van der Waals surface area contributed by atoms with Gasteiger partial charge in [0.15, 0.2) is 0 Å². The Kier molecular flexibility index (Phi) is 5.14. The third kappa shape index (κ3) is 4.12. The van der Waals surface area contributed by atoms with Crippen LogP contribution in [0.25, 0.3) is 0 Å². The Bertz CT molecular complexity index is 372. The number of ether oxygens (including phenoxy) is 1. The van der Waals surface area contributed by atoms with Gasteiger partial charge in [0.05, 0.1) is 11.6 Å². The fourth-order valence-electron chi connectivity index (χ4n) is 1.48. The zero-order valence-corrected chi connectivity index (χ0v) is 10.8. The second kappa shape index (κ2) is 6.16. The van der Waals surface area contributed by atoms with Crippen molar-refractivity contribution >= 4 is 17.4 Å². The maximum Gasteiger partial charge on any atom is 0.129 e. The van der Waals surface area contributed by atoms with Crippen LogP contribution in [-0.2, 0) is 10.3 Å². The van der Waals surface area contributed by atoms with Gasteiger partial charge in [0.25, 0.3) is 0 Å². The first kappa shape index (κ1) is 14.2. The minimum absolute atomic E-state index is 0.285. The van der Waals surface area contributed by atoms with E-state index in [1.54, 1.807) is 20.1 Å². The Balaban J connectivity index is 2.71. The Hall–Kier alpha value is -0.880. The van der Waals surface area contributed by atoms with E-state index in [9.17, 15) is 5.11 Å². The summed E-state index contributed by atoms with van der Waals surface area (Å²) < 4.78 is 4.90. The molecule has 1 aromatic rings. The van der Waals surface area contributed by atoms with Gasteiger partial charge in [0.1, 0.15) is 11.4 Å². The van der Waals surface area contributed by atoms with Crippen molar-refractivity contribution < 1.29 is 9.84 Å². The van der Waals surface area contributed by atoms with Crippen LogP contribution in [0, 0.1) is 0 Å². The molecule has 0 saturated carbocycles. The molecule has 6 heteroatoms. The number of hydrogen-bond acceptors (Lipinski definition) is 5. The highest BCUT2D eigenvalue weighted by Crippen LogP contribution is 2.26.